The van der Waals surface area contributed by atoms with E-state index < -0.39 is 17.7 Å². The number of aryl methyl sites for hydroxylation is 2. The Morgan fingerprint density at radius 3 is 2.30 bits per heavy atom. The molecule has 1 atom stereocenters. The summed E-state index contributed by atoms with van der Waals surface area (Å²) in [6, 6.07) is 14.4. The molecule has 1 heterocycles. The van der Waals surface area contributed by atoms with E-state index in [-0.39, 0.29) is 6.10 Å². The summed E-state index contributed by atoms with van der Waals surface area (Å²) in [6.07, 6.45) is 1.05. The lowest BCUT2D eigenvalue weighted by molar-refractivity contribution is -0.138. The van der Waals surface area contributed by atoms with Gasteiger partial charge in [0, 0.05) is 11.6 Å². The van der Waals surface area contributed by atoms with Gasteiger partial charge in [-0.1, -0.05) is 31.5 Å². The maximum atomic E-state index is 13.0. The number of alkyl halides is 3. The molecule has 0 saturated carbocycles. The largest absolute Gasteiger partial charge is 0.484 e. The number of carbonyl (C=O) groups excluding carboxylic acids is 1. The van der Waals surface area contributed by atoms with Gasteiger partial charge >= 0.3 is 12.1 Å². The quantitative estimate of drug-likeness (QED) is 0.203. The number of unbranched alkanes of at least 4 members (excludes halogenated alkanes) is 1. The van der Waals surface area contributed by atoms with Crippen molar-refractivity contribution in [3.05, 3.63) is 88.6 Å². The number of carbonyl (C=O) groups is 1. The van der Waals surface area contributed by atoms with E-state index in [1.54, 1.807) is 19.1 Å². The van der Waals surface area contributed by atoms with Crippen molar-refractivity contribution in [2.24, 2.45) is 0 Å². The van der Waals surface area contributed by atoms with E-state index in [0.717, 1.165) is 59.5 Å². The van der Waals surface area contributed by atoms with Gasteiger partial charge in [0.2, 0.25) is 0 Å². The van der Waals surface area contributed by atoms with Crippen LogP contribution >= 0.6 is 0 Å². The molecule has 0 aliphatic rings. The highest BCUT2D eigenvalue weighted by Crippen LogP contribution is 2.34. The van der Waals surface area contributed by atoms with Crippen molar-refractivity contribution < 1.29 is 27.4 Å². The summed E-state index contributed by atoms with van der Waals surface area (Å²) in [4.78, 5) is 16.4. The molecule has 3 aromatic rings. The van der Waals surface area contributed by atoms with Crippen LogP contribution in [0.5, 0.6) is 5.75 Å². The normalized spacial score (nSPS) is 12.5. The molecular weight excluding hydrogens is 479 g/mol. The smallest absolute Gasteiger partial charge is 0.416 e. The van der Waals surface area contributed by atoms with Crippen LogP contribution in [0.15, 0.2) is 60.7 Å². The summed E-state index contributed by atoms with van der Waals surface area (Å²) in [5.74, 6) is 0.355. The van der Waals surface area contributed by atoms with Crippen LogP contribution in [0.4, 0.5) is 13.2 Å². The molecule has 0 N–H and O–H groups in total. The second-order valence-electron chi connectivity index (χ2n) is 8.84. The van der Waals surface area contributed by atoms with Gasteiger partial charge in [0.25, 0.3) is 0 Å². The van der Waals surface area contributed by atoms with E-state index in [2.05, 4.69) is 6.92 Å². The lowest BCUT2D eigenvalue weighted by atomic mass is 10.0. The van der Waals surface area contributed by atoms with Crippen molar-refractivity contribution in [3.63, 3.8) is 0 Å². The maximum Gasteiger partial charge on any atom is 0.416 e. The van der Waals surface area contributed by atoms with Crippen LogP contribution in [0.1, 0.15) is 67.2 Å². The first-order valence-corrected chi connectivity index (χ1v) is 12.4. The van der Waals surface area contributed by atoms with Crippen molar-refractivity contribution in [2.45, 2.75) is 59.2 Å². The summed E-state index contributed by atoms with van der Waals surface area (Å²) in [6.45, 7) is 8.08. The minimum atomic E-state index is -4.38. The Morgan fingerprint density at radius 2 is 1.70 bits per heavy atom. The molecule has 0 aliphatic carbocycles. The fourth-order valence-electron chi connectivity index (χ4n) is 4.04. The van der Waals surface area contributed by atoms with Crippen LogP contribution in [0.3, 0.4) is 0 Å². The van der Waals surface area contributed by atoms with Gasteiger partial charge in [-0.2, -0.15) is 13.2 Å². The number of hydrogen-bond acceptors (Lipinski definition) is 4. The molecule has 0 bridgehead atoms. The van der Waals surface area contributed by atoms with Gasteiger partial charge < -0.3 is 9.47 Å². The van der Waals surface area contributed by atoms with E-state index >= 15 is 0 Å². The van der Waals surface area contributed by atoms with E-state index in [9.17, 15) is 18.0 Å². The number of rotatable bonds is 10. The molecule has 37 heavy (non-hydrogen) atoms. The highest BCUT2D eigenvalue weighted by atomic mass is 19.4. The number of nitrogens with zero attached hydrogens (tertiary/aromatic N) is 1. The van der Waals surface area contributed by atoms with Gasteiger partial charge in [-0.15, -0.1) is 0 Å². The second kappa shape index (κ2) is 12.6. The van der Waals surface area contributed by atoms with E-state index in [0.29, 0.717) is 17.9 Å². The molecule has 196 valence electrons. The second-order valence-corrected chi connectivity index (χ2v) is 8.84. The predicted molar refractivity (Wildman–Crippen MR) is 139 cm³/mol. The average molecular weight is 512 g/mol. The lowest BCUT2D eigenvalue weighted by Gasteiger charge is -2.22. The van der Waals surface area contributed by atoms with Gasteiger partial charge in [-0.25, -0.2) is 9.78 Å². The number of esters is 1. The first-order chi connectivity index (χ1) is 17.6. The molecule has 0 radical (unpaired) electrons. The van der Waals surface area contributed by atoms with Crippen LogP contribution in [0, 0.1) is 13.8 Å². The minimum absolute atomic E-state index is 0.321. The molecular formula is C30H32F3NO3. The van der Waals surface area contributed by atoms with Gasteiger partial charge in [0.1, 0.15) is 11.9 Å². The molecule has 3 rings (SSSR count). The van der Waals surface area contributed by atoms with E-state index in [1.165, 1.54) is 18.2 Å². The third kappa shape index (κ3) is 7.68. The molecule has 1 unspecified atom stereocenters. The van der Waals surface area contributed by atoms with E-state index in [4.69, 9.17) is 14.5 Å². The zero-order chi connectivity index (χ0) is 27.0. The lowest BCUT2D eigenvalue weighted by Crippen LogP contribution is -2.12. The fraction of sp³-hybridized carbons (Fsp3) is 0.333. The average Bonchev–Trinajstić information content (AvgIpc) is 2.86. The number of halogens is 3. The predicted octanol–water partition coefficient (Wildman–Crippen LogP) is 8.27. The Labute approximate surface area is 216 Å². The van der Waals surface area contributed by atoms with Crippen LogP contribution in [-0.2, 0) is 15.7 Å². The highest BCUT2D eigenvalue weighted by molar-refractivity contribution is 5.87. The van der Waals surface area contributed by atoms with Crippen molar-refractivity contribution >= 4 is 12.0 Å². The molecule has 0 saturated heterocycles. The molecule has 0 fully saturated rings. The Morgan fingerprint density at radius 1 is 1.03 bits per heavy atom. The maximum absolute atomic E-state index is 13.0. The van der Waals surface area contributed by atoms with Crippen molar-refractivity contribution in [1.82, 2.24) is 4.98 Å². The molecule has 7 heteroatoms. The molecule has 1 aromatic heterocycles. The summed E-state index contributed by atoms with van der Waals surface area (Å²) in [5, 5.41) is 0. The van der Waals surface area contributed by atoms with Gasteiger partial charge in [0.05, 0.1) is 23.6 Å². The summed E-state index contributed by atoms with van der Waals surface area (Å²) >= 11 is 0. The number of aromatic nitrogens is 1. The van der Waals surface area contributed by atoms with Crippen molar-refractivity contribution in [3.8, 4) is 17.0 Å². The molecule has 0 aliphatic heterocycles. The first-order valence-electron chi connectivity index (χ1n) is 12.4. The number of hydrogen-bond donors (Lipinski definition) is 0. The van der Waals surface area contributed by atoms with Crippen LogP contribution in [0.25, 0.3) is 17.3 Å². The zero-order valence-electron chi connectivity index (χ0n) is 21.6. The van der Waals surface area contributed by atoms with Gasteiger partial charge in [-0.3, -0.25) is 0 Å². The Bertz CT molecular complexity index is 1210. The monoisotopic (exact) mass is 511 g/mol. The topological polar surface area (TPSA) is 48.4 Å². The Hall–Kier alpha value is -3.61. The number of pyridine rings is 1. The molecule has 2 aromatic carbocycles. The van der Waals surface area contributed by atoms with Gasteiger partial charge in [0.15, 0.2) is 0 Å². The molecule has 0 spiro atoms. The summed E-state index contributed by atoms with van der Waals surface area (Å²) in [5.41, 5.74) is 3.92. The third-order valence-electron chi connectivity index (χ3n) is 5.87. The Kier molecular flexibility index (Phi) is 9.50. The Balaban J connectivity index is 1.88. The SMILES string of the molecule is CCCCC(Oc1c(C)cc(/C=C/C(=O)OCC)cc1C)c1cccc(-c2ccc(C(F)(F)F)cc2)n1. The number of ether oxygens (including phenoxy) is 2. The first kappa shape index (κ1) is 28.0. The van der Waals surface area contributed by atoms with Crippen LogP contribution < -0.4 is 4.74 Å². The fourth-order valence-corrected chi connectivity index (χ4v) is 4.04. The third-order valence-corrected chi connectivity index (χ3v) is 5.87. The van der Waals surface area contributed by atoms with Crippen molar-refractivity contribution in [1.29, 1.82) is 0 Å². The highest BCUT2D eigenvalue weighted by Gasteiger charge is 2.30. The van der Waals surface area contributed by atoms with Crippen molar-refractivity contribution in [2.75, 3.05) is 6.61 Å². The van der Waals surface area contributed by atoms with Crippen LogP contribution in [0.2, 0.25) is 0 Å². The summed E-state index contributed by atoms with van der Waals surface area (Å²) in [7, 11) is 0. The zero-order valence-corrected chi connectivity index (χ0v) is 21.6. The van der Waals surface area contributed by atoms with E-state index in [1.807, 2.05) is 38.1 Å². The number of benzene rings is 2. The molecule has 0 amide bonds. The van der Waals surface area contributed by atoms with Gasteiger partial charge in [-0.05, 0) is 92.8 Å². The van der Waals surface area contributed by atoms with Crippen LogP contribution in [-0.4, -0.2) is 17.6 Å². The summed E-state index contributed by atoms with van der Waals surface area (Å²) < 4.78 is 50.3. The molecule has 4 nitrogen and oxygen atoms in total. The standard InChI is InChI=1S/C30H32F3NO3/c1-5-7-11-27(37-29-20(3)18-22(19-21(29)4)12-17-28(35)36-6-2)26-10-8-9-25(34-26)23-13-15-24(16-14-23)30(31,32)33/h8-10,12-19,27H,5-7,11H2,1-4H3/b17-12+. The minimum Gasteiger partial charge on any atom is -0.484 e.